The van der Waals surface area contributed by atoms with Crippen molar-refractivity contribution < 1.29 is 9.53 Å². The molecule has 0 N–H and O–H groups in total. The van der Waals surface area contributed by atoms with Gasteiger partial charge in [0.1, 0.15) is 23.5 Å². The Hall–Kier alpha value is -2.56. The highest BCUT2D eigenvalue weighted by Crippen LogP contribution is 2.26. The highest BCUT2D eigenvalue weighted by atomic mass is 32.2. The van der Waals surface area contributed by atoms with Crippen molar-refractivity contribution in [2.45, 2.75) is 25.8 Å². The van der Waals surface area contributed by atoms with E-state index in [4.69, 9.17) is 4.74 Å². The zero-order chi connectivity index (χ0) is 21.5. The molecule has 2 aromatic rings. The van der Waals surface area contributed by atoms with Gasteiger partial charge in [-0.05, 0) is 44.0 Å². The lowest BCUT2D eigenvalue weighted by molar-refractivity contribution is -0.130. The Balaban J connectivity index is 1.44. The van der Waals surface area contributed by atoms with Crippen LogP contribution < -0.4 is 4.74 Å². The second-order valence-electron chi connectivity index (χ2n) is 7.41. The average Bonchev–Trinajstić information content (AvgIpc) is 2.77. The highest BCUT2D eigenvalue weighted by molar-refractivity contribution is 8.00. The van der Waals surface area contributed by atoms with Gasteiger partial charge in [0.2, 0.25) is 5.91 Å². The minimum absolute atomic E-state index is 0.0988. The van der Waals surface area contributed by atoms with Crippen LogP contribution in [0, 0.1) is 32.1 Å². The van der Waals surface area contributed by atoms with E-state index in [1.54, 1.807) is 0 Å². The van der Waals surface area contributed by atoms with Gasteiger partial charge in [0, 0.05) is 38.4 Å². The molecule has 158 valence electrons. The number of aryl methyl sites for hydroxylation is 1. The molecule has 30 heavy (non-hydrogen) atoms. The van der Waals surface area contributed by atoms with Crippen molar-refractivity contribution in [2.75, 3.05) is 45.1 Å². The molecule has 0 bridgehead atoms. The summed E-state index contributed by atoms with van der Waals surface area (Å²) in [5, 5.41) is 10.1. The van der Waals surface area contributed by atoms with Crippen molar-refractivity contribution in [3.05, 3.63) is 52.7 Å². The Kier molecular flexibility index (Phi) is 7.72. The molecule has 1 aromatic carbocycles. The summed E-state index contributed by atoms with van der Waals surface area (Å²) >= 11 is 1.36. The van der Waals surface area contributed by atoms with Gasteiger partial charge in [0.05, 0.1) is 11.3 Å². The molecule has 0 unspecified atom stereocenters. The number of aromatic nitrogens is 1. The van der Waals surface area contributed by atoms with Gasteiger partial charge in [-0.2, -0.15) is 5.26 Å². The molecule has 0 aliphatic carbocycles. The Bertz CT molecular complexity index is 919. The number of hydrogen-bond acceptors (Lipinski definition) is 6. The summed E-state index contributed by atoms with van der Waals surface area (Å²) in [5.74, 6) is 1.29. The quantitative estimate of drug-likeness (QED) is 0.636. The Morgan fingerprint density at radius 3 is 2.50 bits per heavy atom. The van der Waals surface area contributed by atoms with Crippen LogP contribution in [0.5, 0.6) is 5.75 Å². The van der Waals surface area contributed by atoms with Gasteiger partial charge in [-0.25, -0.2) is 4.98 Å². The SMILES string of the molecule is Cc1nc(SCC(=O)N2CCN(CCOc3ccccc3)CC2)c(C#N)c(C)c1C. The van der Waals surface area contributed by atoms with Gasteiger partial charge >= 0.3 is 0 Å². The fraction of sp³-hybridized carbons (Fsp3) is 0.435. The third-order valence-corrected chi connectivity index (χ3v) is 6.51. The molecule has 1 aromatic heterocycles. The number of rotatable bonds is 7. The molecular formula is C23H28N4O2S. The van der Waals surface area contributed by atoms with E-state index in [0.29, 0.717) is 22.9 Å². The first-order valence-corrected chi connectivity index (χ1v) is 11.2. The summed E-state index contributed by atoms with van der Waals surface area (Å²) in [7, 11) is 0. The molecule has 2 heterocycles. The van der Waals surface area contributed by atoms with Gasteiger partial charge in [-0.15, -0.1) is 0 Å². The van der Waals surface area contributed by atoms with E-state index in [-0.39, 0.29) is 5.91 Å². The van der Waals surface area contributed by atoms with E-state index in [2.05, 4.69) is 16.0 Å². The van der Waals surface area contributed by atoms with Crippen molar-refractivity contribution in [3.8, 4) is 11.8 Å². The predicted molar refractivity (Wildman–Crippen MR) is 119 cm³/mol. The van der Waals surface area contributed by atoms with Crippen LogP contribution in [-0.4, -0.2) is 65.8 Å². The highest BCUT2D eigenvalue weighted by Gasteiger charge is 2.22. The van der Waals surface area contributed by atoms with E-state index in [1.807, 2.05) is 56.0 Å². The van der Waals surface area contributed by atoms with Crippen molar-refractivity contribution in [3.63, 3.8) is 0 Å². The van der Waals surface area contributed by atoms with Crippen molar-refractivity contribution >= 4 is 17.7 Å². The molecule has 0 atom stereocenters. The fourth-order valence-corrected chi connectivity index (χ4v) is 4.39. The molecule has 1 aliphatic heterocycles. The lowest BCUT2D eigenvalue weighted by atomic mass is 10.1. The first-order chi connectivity index (χ1) is 14.5. The Morgan fingerprint density at radius 2 is 1.83 bits per heavy atom. The van der Waals surface area contributed by atoms with Gasteiger partial charge in [-0.3, -0.25) is 9.69 Å². The van der Waals surface area contributed by atoms with E-state index in [0.717, 1.165) is 55.3 Å². The zero-order valence-corrected chi connectivity index (χ0v) is 18.7. The Labute approximate surface area is 182 Å². The van der Waals surface area contributed by atoms with E-state index >= 15 is 0 Å². The summed E-state index contributed by atoms with van der Waals surface area (Å²) in [5.41, 5.74) is 3.48. The van der Waals surface area contributed by atoms with Crippen molar-refractivity contribution in [1.82, 2.24) is 14.8 Å². The van der Waals surface area contributed by atoms with Gasteiger partial charge in [0.15, 0.2) is 0 Å². The molecule has 1 aliphatic rings. The van der Waals surface area contributed by atoms with E-state index in [9.17, 15) is 10.1 Å². The van der Waals surface area contributed by atoms with Crippen molar-refractivity contribution in [2.24, 2.45) is 0 Å². The van der Waals surface area contributed by atoms with Gasteiger partial charge in [-0.1, -0.05) is 30.0 Å². The summed E-state index contributed by atoms with van der Waals surface area (Å²) in [6.45, 7) is 10.5. The molecule has 0 saturated carbocycles. The molecule has 7 heteroatoms. The van der Waals surface area contributed by atoms with Crippen LogP contribution in [0.15, 0.2) is 35.4 Å². The number of benzene rings is 1. The van der Waals surface area contributed by atoms with E-state index in [1.165, 1.54) is 11.8 Å². The third kappa shape index (κ3) is 5.53. The fourth-order valence-electron chi connectivity index (χ4n) is 3.40. The maximum atomic E-state index is 12.7. The van der Waals surface area contributed by atoms with Crippen molar-refractivity contribution in [1.29, 1.82) is 5.26 Å². The smallest absolute Gasteiger partial charge is 0.233 e. The maximum absolute atomic E-state index is 12.7. The maximum Gasteiger partial charge on any atom is 0.233 e. The summed E-state index contributed by atoms with van der Waals surface area (Å²) in [4.78, 5) is 21.4. The van der Waals surface area contributed by atoms with Crippen LogP contribution in [0.2, 0.25) is 0 Å². The van der Waals surface area contributed by atoms with Crippen LogP contribution in [0.25, 0.3) is 0 Å². The van der Waals surface area contributed by atoms with Crippen LogP contribution >= 0.6 is 11.8 Å². The second-order valence-corrected chi connectivity index (χ2v) is 8.38. The van der Waals surface area contributed by atoms with Crippen LogP contribution in [0.4, 0.5) is 0 Å². The number of nitriles is 1. The normalized spacial score (nSPS) is 14.4. The standard InChI is InChI=1S/C23H28N4O2S/c1-17-18(2)21(15-24)23(25-19(17)3)30-16-22(28)27-11-9-26(10-12-27)13-14-29-20-7-5-4-6-8-20/h4-8H,9-14,16H2,1-3H3. The number of nitrogens with zero attached hydrogens (tertiary/aromatic N) is 4. The second kappa shape index (κ2) is 10.5. The number of para-hydroxylation sites is 1. The molecular weight excluding hydrogens is 396 g/mol. The lowest BCUT2D eigenvalue weighted by Crippen LogP contribution is -2.50. The monoisotopic (exact) mass is 424 g/mol. The van der Waals surface area contributed by atoms with Crippen LogP contribution in [-0.2, 0) is 4.79 Å². The molecule has 1 saturated heterocycles. The number of ether oxygens (including phenoxy) is 1. The molecule has 1 amide bonds. The number of piperazine rings is 1. The number of carbonyl (C=O) groups is 1. The molecule has 3 rings (SSSR count). The van der Waals surface area contributed by atoms with Gasteiger partial charge < -0.3 is 9.64 Å². The van der Waals surface area contributed by atoms with Gasteiger partial charge in [0.25, 0.3) is 0 Å². The largest absolute Gasteiger partial charge is 0.492 e. The minimum atomic E-state index is 0.0988. The first-order valence-electron chi connectivity index (χ1n) is 10.2. The number of pyridine rings is 1. The summed E-state index contributed by atoms with van der Waals surface area (Å²) < 4.78 is 5.76. The molecule has 0 radical (unpaired) electrons. The number of carbonyl (C=O) groups excluding carboxylic acids is 1. The summed E-state index contributed by atoms with van der Waals surface area (Å²) in [6, 6.07) is 12.1. The molecule has 1 fully saturated rings. The predicted octanol–water partition coefficient (Wildman–Crippen LogP) is 3.19. The first kappa shape index (κ1) is 22.1. The zero-order valence-electron chi connectivity index (χ0n) is 17.9. The van der Waals surface area contributed by atoms with E-state index < -0.39 is 0 Å². The van der Waals surface area contributed by atoms with Crippen LogP contribution in [0.1, 0.15) is 22.4 Å². The average molecular weight is 425 g/mol. The lowest BCUT2D eigenvalue weighted by Gasteiger charge is -2.34. The topological polar surface area (TPSA) is 69.5 Å². The Morgan fingerprint density at radius 1 is 1.13 bits per heavy atom. The molecule has 0 spiro atoms. The third-order valence-electron chi connectivity index (χ3n) is 5.55. The summed E-state index contributed by atoms with van der Waals surface area (Å²) in [6.07, 6.45) is 0. The number of thioether (sulfide) groups is 1. The number of amides is 1. The molecule has 6 nitrogen and oxygen atoms in total. The van der Waals surface area contributed by atoms with Crippen LogP contribution in [0.3, 0.4) is 0 Å². The number of hydrogen-bond donors (Lipinski definition) is 0. The minimum Gasteiger partial charge on any atom is -0.492 e.